The number of carbonyl (C=O) groups excluding carboxylic acids is 1. The van der Waals surface area contributed by atoms with E-state index in [2.05, 4.69) is 10.6 Å². The summed E-state index contributed by atoms with van der Waals surface area (Å²) in [5.41, 5.74) is -0.545. The maximum absolute atomic E-state index is 12.2. The summed E-state index contributed by atoms with van der Waals surface area (Å²) in [5.74, 6) is -0.914. The van der Waals surface area contributed by atoms with Crippen LogP contribution in [-0.4, -0.2) is 48.3 Å². The van der Waals surface area contributed by atoms with Gasteiger partial charge in [0.25, 0.3) is 0 Å². The number of ether oxygens (including phenoxy) is 1. The molecule has 0 aromatic rings. The van der Waals surface area contributed by atoms with Crippen LogP contribution >= 0.6 is 0 Å². The van der Waals surface area contributed by atoms with Gasteiger partial charge in [0, 0.05) is 19.0 Å². The Morgan fingerprint density at radius 2 is 2.05 bits per heavy atom. The fourth-order valence-corrected chi connectivity index (χ4v) is 3.19. The first kappa shape index (κ1) is 15.3. The molecule has 1 atom stereocenters. The van der Waals surface area contributed by atoms with Crippen LogP contribution in [0.15, 0.2) is 0 Å². The van der Waals surface area contributed by atoms with Crippen molar-refractivity contribution in [2.24, 2.45) is 0 Å². The molecule has 6 nitrogen and oxygen atoms in total. The predicted octanol–water partition coefficient (Wildman–Crippen LogP) is 0.659. The molecule has 114 valence electrons. The second-order valence-corrected chi connectivity index (χ2v) is 5.89. The first-order valence-corrected chi connectivity index (χ1v) is 7.44. The van der Waals surface area contributed by atoms with Gasteiger partial charge in [-0.15, -0.1) is 0 Å². The highest BCUT2D eigenvalue weighted by atomic mass is 16.5. The van der Waals surface area contributed by atoms with E-state index in [1.165, 1.54) is 0 Å². The second-order valence-electron chi connectivity index (χ2n) is 5.89. The molecule has 0 radical (unpaired) electrons. The van der Waals surface area contributed by atoms with E-state index in [0.29, 0.717) is 19.6 Å². The highest BCUT2D eigenvalue weighted by Crippen LogP contribution is 2.31. The van der Waals surface area contributed by atoms with Crippen LogP contribution in [-0.2, 0) is 14.3 Å². The summed E-state index contributed by atoms with van der Waals surface area (Å²) < 4.78 is 5.33. The lowest BCUT2D eigenvalue weighted by Crippen LogP contribution is -2.53. The number of carboxylic acids is 1. The molecular weight excluding hydrogens is 260 g/mol. The van der Waals surface area contributed by atoms with Gasteiger partial charge in [0.05, 0.1) is 25.2 Å². The summed E-state index contributed by atoms with van der Waals surface area (Å²) in [6, 6.07) is 0.0363. The fraction of sp³-hybridized carbons (Fsp3) is 0.857. The quantitative estimate of drug-likeness (QED) is 0.690. The van der Waals surface area contributed by atoms with E-state index < -0.39 is 11.5 Å². The minimum absolute atomic E-state index is 0.0212. The first-order valence-electron chi connectivity index (χ1n) is 7.44. The molecule has 1 amide bonds. The molecule has 0 aromatic heterocycles. The number of amides is 1. The molecule has 1 unspecified atom stereocenters. The Balaban J connectivity index is 1.89. The summed E-state index contributed by atoms with van der Waals surface area (Å²) in [5, 5.41) is 15.3. The van der Waals surface area contributed by atoms with Crippen molar-refractivity contribution in [3.05, 3.63) is 0 Å². The average Bonchev–Trinajstić information content (AvgIpc) is 2.39. The Bertz CT molecular complexity index is 347. The Morgan fingerprint density at radius 1 is 1.30 bits per heavy atom. The fourth-order valence-electron chi connectivity index (χ4n) is 3.19. The largest absolute Gasteiger partial charge is 0.481 e. The van der Waals surface area contributed by atoms with Gasteiger partial charge in [0.1, 0.15) is 0 Å². The summed E-state index contributed by atoms with van der Waals surface area (Å²) >= 11 is 0. The second kappa shape index (κ2) is 7.04. The molecule has 1 aliphatic carbocycles. The van der Waals surface area contributed by atoms with Crippen LogP contribution in [0.25, 0.3) is 0 Å². The van der Waals surface area contributed by atoms with Crippen LogP contribution in [0.5, 0.6) is 0 Å². The van der Waals surface area contributed by atoms with Gasteiger partial charge in [-0.3, -0.25) is 9.59 Å². The van der Waals surface area contributed by atoms with Gasteiger partial charge in [-0.05, 0) is 12.8 Å². The van der Waals surface area contributed by atoms with Crippen molar-refractivity contribution < 1.29 is 19.4 Å². The van der Waals surface area contributed by atoms with Crippen LogP contribution in [0.4, 0.5) is 0 Å². The van der Waals surface area contributed by atoms with Gasteiger partial charge in [-0.25, -0.2) is 0 Å². The van der Waals surface area contributed by atoms with E-state index in [4.69, 9.17) is 9.84 Å². The number of nitrogens with one attached hydrogen (secondary N) is 2. The lowest BCUT2D eigenvalue weighted by atomic mass is 9.79. The zero-order chi connectivity index (χ0) is 14.4. The molecule has 1 saturated heterocycles. The Hall–Kier alpha value is -1.14. The average molecular weight is 284 g/mol. The molecular formula is C14H24N2O4. The van der Waals surface area contributed by atoms with Crippen molar-refractivity contribution in [3.63, 3.8) is 0 Å². The monoisotopic (exact) mass is 284 g/mol. The predicted molar refractivity (Wildman–Crippen MR) is 73.4 cm³/mol. The third-order valence-electron chi connectivity index (χ3n) is 4.14. The number of hydrogen-bond acceptors (Lipinski definition) is 4. The molecule has 6 heteroatoms. The minimum Gasteiger partial charge on any atom is -0.481 e. The third kappa shape index (κ3) is 4.45. The molecule has 1 saturated carbocycles. The molecule has 20 heavy (non-hydrogen) atoms. The maximum Gasteiger partial charge on any atom is 0.305 e. The SMILES string of the molecule is O=C(O)CC1(NC(=O)CC2COCCN2)CCCCC1. The topological polar surface area (TPSA) is 87.7 Å². The highest BCUT2D eigenvalue weighted by molar-refractivity contribution is 5.79. The smallest absolute Gasteiger partial charge is 0.305 e. The normalized spacial score (nSPS) is 25.9. The van der Waals surface area contributed by atoms with Crippen molar-refractivity contribution >= 4 is 11.9 Å². The molecule has 2 rings (SSSR count). The van der Waals surface area contributed by atoms with E-state index in [0.717, 1.165) is 38.6 Å². The summed E-state index contributed by atoms with van der Waals surface area (Å²) in [6.07, 6.45) is 4.99. The summed E-state index contributed by atoms with van der Waals surface area (Å²) in [7, 11) is 0. The van der Waals surface area contributed by atoms with E-state index in [1.807, 2.05) is 0 Å². The number of aliphatic carboxylic acids is 1. The minimum atomic E-state index is -0.841. The van der Waals surface area contributed by atoms with Crippen LogP contribution in [0.3, 0.4) is 0 Å². The maximum atomic E-state index is 12.2. The van der Waals surface area contributed by atoms with E-state index in [9.17, 15) is 9.59 Å². The molecule has 1 aliphatic heterocycles. The molecule has 2 fully saturated rings. The zero-order valence-corrected chi connectivity index (χ0v) is 11.8. The van der Waals surface area contributed by atoms with Gasteiger partial charge >= 0.3 is 5.97 Å². The van der Waals surface area contributed by atoms with Gasteiger partial charge in [0.15, 0.2) is 0 Å². The number of carbonyl (C=O) groups is 2. The molecule has 1 heterocycles. The Morgan fingerprint density at radius 3 is 2.65 bits per heavy atom. The number of hydrogen-bond donors (Lipinski definition) is 3. The van der Waals surface area contributed by atoms with Crippen molar-refractivity contribution in [3.8, 4) is 0 Å². The number of carboxylic acid groups (broad SMARTS) is 1. The summed E-state index contributed by atoms with van der Waals surface area (Å²) in [6.45, 7) is 1.98. The molecule has 0 aromatic carbocycles. The molecule has 2 aliphatic rings. The standard InChI is InChI=1S/C14H24N2O4/c17-12(8-11-10-20-7-6-15-11)16-14(9-13(18)19)4-2-1-3-5-14/h11,15H,1-10H2,(H,16,17)(H,18,19). The zero-order valence-electron chi connectivity index (χ0n) is 11.8. The Labute approximate surface area is 119 Å². The number of morpholine rings is 1. The van der Waals surface area contributed by atoms with Gasteiger partial charge in [0.2, 0.25) is 5.91 Å². The molecule has 3 N–H and O–H groups in total. The van der Waals surface area contributed by atoms with E-state index >= 15 is 0 Å². The van der Waals surface area contributed by atoms with Crippen molar-refractivity contribution in [1.82, 2.24) is 10.6 Å². The van der Waals surface area contributed by atoms with E-state index in [-0.39, 0.29) is 18.4 Å². The Kier molecular flexibility index (Phi) is 5.37. The van der Waals surface area contributed by atoms with Gasteiger partial charge < -0.3 is 20.5 Å². The van der Waals surface area contributed by atoms with Crippen LogP contribution in [0, 0.1) is 0 Å². The lowest BCUT2D eigenvalue weighted by molar-refractivity contribution is -0.139. The van der Waals surface area contributed by atoms with E-state index in [1.54, 1.807) is 0 Å². The lowest BCUT2D eigenvalue weighted by Gasteiger charge is -2.37. The summed E-state index contributed by atoms with van der Waals surface area (Å²) in [4.78, 5) is 23.2. The van der Waals surface area contributed by atoms with Gasteiger partial charge in [-0.2, -0.15) is 0 Å². The van der Waals surface area contributed by atoms with Crippen molar-refractivity contribution in [2.45, 2.75) is 56.5 Å². The van der Waals surface area contributed by atoms with Crippen LogP contribution in [0.2, 0.25) is 0 Å². The van der Waals surface area contributed by atoms with Crippen LogP contribution < -0.4 is 10.6 Å². The number of rotatable bonds is 5. The van der Waals surface area contributed by atoms with Crippen LogP contribution in [0.1, 0.15) is 44.9 Å². The molecule has 0 spiro atoms. The first-order chi connectivity index (χ1) is 9.60. The van der Waals surface area contributed by atoms with Crippen molar-refractivity contribution in [1.29, 1.82) is 0 Å². The van der Waals surface area contributed by atoms with Gasteiger partial charge in [-0.1, -0.05) is 19.3 Å². The highest BCUT2D eigenvalue weighted by Gasteiger charge is 2.36. The molecule has 0 bridgehead atoms. The van der Waals surface area contributed by atoms with Crippen molar-refractivity contribution in [2.75, 3.05) is 19.8 Å². The third-order valence-corrected chi connectivity index (χ3v) is 4.14.